The van der Waals surface area contributed by atoms with Crippen LogP contribution in [-0.4, -0.2) is 19.0 Å². The average molecular weight is 326 g/mol. The van der Waals surface area contributed by atoms with Gasteiger partial charge >= 0.3 is 0 Å². The van der Waals surface area contributed by atoms with Gasteiger partial charge in [-0.3, -0.25) is 0 Å². The van der Waals surface area contributed by atoms with Gasteiger partial charge in [-0.15, -0.1) is 6.58 Å². The number of phenols is 1. The molecule has 0 saturated heterocycles. The normalized spacial score (nSPS) is 13.6. The van der Waals surface area contributed by atoms with Crippen molar-refractivity contribution in [3.8, 4) is 23.0 Å². The molecule has 0 fully saturated rings. The first kappa shape index (κ1) is 16.2. The lowest BCUT2D eigenvalue weighted by atomic mass is 9.91. The standard InChI is InChI=1S/C20H22O4/c1-4-5-15-10-16(19(22-3)11-17(15)21)13(2)8-14-6-7-18-20(9-14)24-12-23-18/h4,6-7,9-11,13,21H,1,5,8,12H2,2-3H3. The number of rotatable bonds is 6. The Kier molecular flexibility index (Phi) is 4.65. The number of hydrogen-bond donors (Lipinski definition) is 1. The number of allylic oxidation sites excluding steroid dienone is 1. The maximum Gasteiger partial charge on any atom is 0.231 e. The molecule has 0 aromatic heterocycles. The Balaban J connectivity index is 1.87. The molecular weight excluding hydrogens is 304 g/mol. The van der Waals surface area contributed by atoms with Crippen LogP contribution in [0.25, 0.3) is 0 Å². The zero-order valence-corrected chi connectivity index (χ0v) is 14.0. The minimum atomic E-state index is 0.226. The predicted octanol–water partition coefficient (Wildman–Crippen LogP) is 4.20. The molecule has 2 aromatic rings. The van der Waals surface area contributed by atoms with Crippen molar-refractivity contribution in [2.45, 2.75) is 25.7 Å². The Bertz CT molecular complexity index is 752. The van der Waals surface area contributed by atoms with Gasteiger partial charge in [0.15, 0.2) is 11.5 Å². The Hall–Kier alpha value is -2.62. The quantitative estimate of drug-likeness (QED) is 0.808. The molecule has 1 atom stereocenters. The van der Waals surface area contributed by atoms with Crippen molar-refractivity contribution in [3.63, 3.8) is 0 Å². The lowest BCUT2D eigenvalue weighted by Gasteiger charge is -2.18. The van der Waals surface area contributed by atoms with Crippen LogP contribution in [-0.2, 0) is 12.8 Å². The molecular formula is C20H22O4. The predicted molar refractivity (Wildman–Crippen MR) is 93.2 cm³/mol. The third-order valence-electron chi connectivity index (χ3n) is 4.31. The van der Waals surface area contributed by atoms with Gasteiger partial charge < -0.3 is 19.3 Å². The number of aromatic hydroxyl groups is 1. The Morgan fingerprint density at radius 1 is 1.25 bits per heavy atom. The molecule has 0 amide bonds. The summed E-state index contributed by atoms with van der Waals surface area (Å²) >= 11 is 0. The van der Waals surface area contributed by atoms with Gasteiger partial charge in [-0.1, -0.05) is 19.1 Å². The van der Waals surface area contributed by atoms with Gasteiger partial charge in [0.25, 0.3) is 0 Å². The fraction of sp³-hybridized carbons (Fsp3) is 0.300. The second kappa shape index (κ2) is 6.87. The summed E-state index contributed by atoms with van der Waals surface area (Å²) < 4.78 is 16.3. The largest absolute Gasteiger partial charge is 0.508 e. The zero-order valence-electron chi connectivity index (χ0n) is 14.0. The Morgan fingerprint density at radius 3 is 2.79 bits per heavy atom. The smallest absolute Gasteiger partial charge is 0.231 e. The molecule has 1 aliphatic rings. The van der Waals surface area contributed by atoms with E-state index < -0.39 is 0 Å². The molecule has 0 radical (unpaired) electrons. The molecule has 4 nitrogen and oxygen atoms in total. The average Bonchev–Trinajstić information content (AvgIpc) is 3.04. The minimum absolute atomic E-state index is 0.226. The van der Waals surface area contributed by atoms with Gasteiger partial charge in [0.1, 0.15) is 11.5 Å². The van der Waals surface area contributed by atoms with Crippen molar-refractivity contribution in [2.24, 2.45) is 0 Å². The van der Waals surface area contributed by atoms with Crippen LogP contribution in [0.4, 0.5) is 0 Å². The van der Waals surface area contributed by atoms with Gasteiger partial charge in [0, 0.05) is 6.07 Å². The van der Waals surface area contributed by atoms with Gasteiger partial charge in [-0.25, -0.2) is 0 Å². The monoisotopic (exact) mass is 326 g/mol. The maximum absolute atomic E-state index is 10.1. The lowest BCUT2D eigenvalue weighted by Crippen LogP contribution is -2.03. The van der Waals surface area contributed by atoms with E-state index in [1.54, 1.807) is 19.3 Å². The molecule has 0 spiro atoms. The van der Waals surface area contributed by atoms with E-state index in [0.717, 1.165) is 29.0 Å². The van der Waals surface area contributed by atoms with Crippen molar-refractivity contribution in [2.75, 3.05) is 13.9 Å². The summed E-state index contributed by atoms with van der Waals surface area (Å²) in [7, 11) is 1.62. The maximum atomic E-state index is 10.1. The summed E-state index contributed by atoms with van der Waals surface area (Å²) in [5.74, 6) is 2.76. The topological polar surface area (TPSA) is 47.9 Å². The Labute approximate surface area is 142 Å². The summed E-state index contributed by atoms with van der Waals surface area (Å²) in [5.41, 5.74) is 3.11. The summed E-state index contributed by atoms with van der Waals surface area (Å²) in [6.45, 7) is 6.18. The highest BCUT2D eigenvalue weighted by Crippen LogP contribution is 2.37. The highest BCUT2D eigenvalue weighted by molar-refractivity contribution is 5.49. The molecule has 1 unspecified atom stereocenters. The van der Waals surface area contributed by atoms with Crippen LogP contribution in [0.15, 0.2) is 43.0 Å². The highest BCUT2D eigenvalue weighted by atomic mass is 16.7. The minimum Gasteiger partial charge on any atom is -0.508 e. The number of phenolic OH excluding ortho intramolecular Hbond substituents is 1. The SMILES string of the molecule is C=CCc1cc(C(C)Cc2ccc3c(c2)OCO3)c(OC)cc1O. The van der Waals surface area contributed by atoms with E-state index in [1.807, 2.05) is 18.2 Å². The van der Waals surface area contributed by atoms with E-state index in [2.05, 4.69) is 19.6 Å². The summed E-state index contributed by atoms with van der Waals surface area (Å²) in [5, 5.41) is 10.1. The molecule has 0 saturated carbocycles. The van der Waals surface area contributed by atoms with Crippen LogP contribution in [0.5, 0.6) is 23.0 Å². The first-order valence-electron chi connectivity index (χ1n) is 8.01. The van der Waals surface area contributed by atoms with Crippen molar-refractivity contribution in [1.82, 2.24) is 0 Å². The van der Waals surface area contributed by atoms with Gasteiger partial charge in [0.2, 0.25) is 6.79 Å². The first-order chi connectivity index (χ1) is 11.6. The van der Waals surface area contributed by atoms with Crippen LogP contribution in [0.1, 0.15) is 29.5 Å². The molecule has 126 valence electrons. The third kappa shape index (κ3) is 3.18. The van der Waals surface area contributed by atoms with Crippen molar-refractivity contribution in [3.05, 3.63) is 59.7 Å². The molecule has 3 rings (SSSR count). The summed E-state index contributed by atoms with van der Waals surface area (Å²) in [4.78, 5) is 0. The van der Waals surface area contributed by atoms with Crippen LogP contribution in [0.2, 0.25) is 0 Å². The molecule has 1 N–H and O–H groups in total. The summed E-state index contributed by atoms with van der Waals surface area (Å²) in [6.07, 6.45) is 3.25. The van der Waals surface area contributed by atoms with E-state index in [9.17, 15) is 5.11 Å². The molecule has 1 heterocycles. The van der Waals surface area contributed by atoms with Crippen molar-refractivity contribution in [1.29, 1.82) is 0 Å². The second-order valence-corrected chi connectivity index (χ2v) is 6.01. The van der Waals surface area contributed by atoms with Crippen LogP contribution < -0.4 is 14.2 Å². The summed E-state index contributed by atoms with van der Waals surface area (Å²) in [6, 6.07) is 9.72. The molecule has 4 heteroatoms. The Morgan fingerprint density at radius 2 is 2.04 bits per heavy atom. The van der Waals surface area contributed by atoms with Gasteiger partial charge in [-0.05, 0) is 53.6 Å². The van der Waals surface area contributed by atoms with Crippen LogP contribution in [0, 0.1) is 0 Å². The molecule has 0 bridgehead atoms. The van der Waals surface area contributed by atoms with Crippen LogP contribution in [0.3, 0.4) is 0 Å². The number of benzene rings is 2. The van der Waals surface area contributed by atoms with Crippen LogP contribution >= 0.6 is 0 Å². The molecule has 1 aliphatic heterocycles. The third-order valence-corrected chi connectivity index (χ3v) is 4.31. The second-order valence-electron chi connectivity index (χ2n) is 6.01. The van der Waals surface area contributed by atoms with Crippen molar-refractivity contribution < 1.29 is 19.3 Å². The van der Waals surface area contributed by atoms with E-state index in [4.69, 9.17) is 14.2 Å². The van der Waals surface area contributed by atoms with E-state index in [1.165, 1.54) is 5.56 Å². The fourth-order valence-electron chi connectivity index (χ4n) is 3.05. The van der Waals surface area contributed by atoms with E-state index in [0.29, 0.717) is 12.2 Å². The number of hydrogen-bond acceptors (Lipinski definition) is 4. The first-order valence-corrected chi connectivity index (χ1v) is 8.01. The highest BCUT2D eigenvalue weighted by Gasteiger charge is 2.18. The molecule has 2 aromatic carbocycles. The van der Waals surface area contributed by atoms with Gasteiger partial charge in [0.05, 0.1) is 7.11 Å². The number of ether oxygens (including phenoxy) is 3. The number of methoxy groups -OCH3 is 1. The zero-order chi connectivity index (χ0) is 17.1. The van der Waals surface area contributed by atoms with Gasteiger partial charge in [-0.2, -0.15) is 0 Å². The van der Waals surface area contributed by atoms with E-state index >= 15 is 0 Å². The number of fused-ring (bicyclic) bond motifs is 1. The fourth-order valence-corrected chi connectivity index (χ4v) is 3.05. The molecule has 24 heavy (non-hydrogen) atoms. The van der Waals surface area contributed by atoms with E-state index in [-0.39, 0.29) is 18.5 Å². The lowest BCUT2D eigenvalue weighted by molar-refractivity contribution is 0.174. The molecule has 0 aliphatic carbocycles. The van der Waals surface area contributed by atoms with Crippen molar-refractivity contribution >= 4 is 0 Å².